The number of nitrogens with zero attached hydrogens (tertiary/aromatic N) is 1. The number of methoxy groups -OCH3 is 2. The largest absolute Gasteiger partial charge is 0.497 e. The van der Waals surface area contributed by atoms with Gasteiger partial charge in [-0.3, -0.25) is 19.1 Å². The molecule has 12 heteroatoms. The first-order valence-electron chi connectivity index (χ1n) is 19.4. The van der Waals surface area contributed by atoms with Gasteiger partial charge in [0.15, 0.2) is 6.29 Å². The van der Waals surface area contributed by atoms with E-state index in [1.54, 1.807) is 27.2 Å². The van der Waals surface area contributed by atoms with Crippen molar-refractivity contribution in [2.75, 3.05) is 20.8 Å². The van der Waals surface area contributed by atoms with Gasteiger partial charge in [-0.2, -0.15) is 0 Å². The number of rotatable bonds is 15. The minimum absolute atomic E-state index is 0.0552. The van der Waals surface area contributed by atoms with Crippen molar-refractivity contribution in [3.63, 3.8) is 0 Å². The summed E-state index contributed by atoms with van der Waals surface area (Å²) in [6.07, 6.45) is -0.750. The highest BCUT2D eigenvalue weighted by Gasteiger charge is 2.66. The molecular weight excluding hydrogens is 753 g/mol. The van der Waals surface area contributed by atoms with Crippen LogP contribution in [0.3, 0.4) is 0 Å². The standard InChI is InChI=1S/C46H54N2O9Si/c1-31-29-48(43(51)47-42(31)50)39-28-45(52,58(7,8)44(2,3)4)40(57-39)41(56-30-32-13-12-16-38(27-32)55-26-25-49)46(33-14-10-9-11-15-33,34-17-21-36(53-5)22-18-34)35-19-23-37(54-6)24-20-35/h9-25,27,29,39-41,52H,26,28,30H2,1-8H3,(H,47,50,51)/t39-,40-,41?,45-/m1/s1. The van der Waals surface area contributed by atoms with E-state index in [1.807, 2.05) is 97.1 Å². The number of aromatic amines is 1. The van der Waals surface area contributed by atoms with Crippen molar-refractivity contribution in [3.8, 4) is 17.2 Å². The Morgan fingerprint density at radius 2 is 1.47 bits per heavy atom. The zero-order chi connectivity index (χ0) is 41.9. The zero-order valence-electron chi connectivity index (χ0n) is 34.5. The molecule has 306 valence electrons. The number of aldehydes is 1. The Bertz CT molecular complexity index is 2250. The lowest BCUT2D eigenvalue weighted by Crippen LogP contribution is -2.68. The van der Waals surface area contributed by atoms with Crippen LogP contribution in [0, 0.1) is 6.92 Å². The second-order valence-electron chi connectivity index (χ2n) is 16.5. The third kappa shape index (κ3) is 7.81. The Morgan fingerprint density at radius 3 is 2.02 bits per heavy atom. The number of nitrogens with one attached hydrogen (secondary N) is 1. The molecule has 2 heterocycles. The molecule has 0 spiro atoms. The number of H-pyrrole nitrogens is 1. The maximum Gasteiger partial charge on any atom is 0.330 e. The summed E-state index contributed by atoms with van der Waals surface area (Å²) in [5, 5.41) is 11.9. The Morgan fingerprint density at radius 1 is 0.879 bits per heavy atom. The molecule has 0 amide bonds. The number of hydrogen-bond donors (Lipinski definition) is 2. The third-order valence-electron chi connectivity index (χ3n) is 12.3. The number of carbonyl (C=O) groups is 1. The van der Waals surface area contributed by atoms with Gasteiger partial charge >= 0.3 is 5.69 Å². The molecule has 4 atom stereocenters. The van der Waals surface area contributed by atoms with E-state index in [0.717, 1.165) is 22.3 Å². The molecule has 58 heavy (non-hydrogen) atoms. The van der Waals surface area contributed by atoms with E-state index >= 15 is 0 Å². The summed E-state index contributed by atoms with van der Waals surface area (Å²) < 4.78 is 32.9. The molecule has 5 aromatic rings. The first kappa shape index (κ1) is 42.3. The highest BCUT2D eigenvalue weighted by atomic mass is 28.3. The highest BCUT2D eigenvalue weighted by molar-refractivity contribution is 6.83. The average molecular weight is 807 g/mol. The fraction of sp³-hybridized carbons (Fsp3) is 0.370. The first-order chi connectivity index (χ1) is 27.6. The van der Waals surface area contributed by atoms with Gasteiger partial charge in [0.1, 0.15) is 42.3 Å². The summed E-state index contributed by atoms with van der Waals surface area (Å²) in [5.74, 6) is 1.83. The van der Waals surface area contributed by atoms with Crippen molar-refractivity contribution < 1.29 is 33.6 Å². The van der Waals surface area contributed by atoms with Crippen LogP contribution in [0.2, 0.25) is 18.1 Å². The second-order valence-corrected chi connectivity index (χ2v) is 22.1. The number of aromatic nitrogens is 2. The van der Waals surface area contributed by atoms with Gasteiger partial charge in [0.25, 0.3) is 5.56 Å². The van der Waals surface area contributed by atoms with Crippen LogP contribution in [0.15, 0.2) is 119 Å². The highest BCUT2D eigenvalue weighted by Crippen LogP contribution is 2.56. The smallest absolute Gasteiger partial charge is 0.330 e. The fourth-order valence-electron chi connectivity index (χ4n) is 8.14. The van der Waals surface area contributed by atoms with Gasteiger partial charge < -0.3 is 28.8 Å². The number of aryl methyl sites for hydroxylation is 1. The van der Waals surface area contributed by atoms with Gasteiger partial charge in [-0.25, -0.2) is 4.79 Å². The van der Waals surface area contributed by atoms with Crippen LogP contribution in [0.4, 0.5) is 0 Å². The lowest BCUT2D eigenvalue weighted by molar-refractivity contribution is -0.139. The molecule has 2 N–H and O–H groups in total. The van der Waals surface area contributed by atoms with Crippen molar-refractivity contribution in [2.45, 2.75) is 87.9 Å². The number of ether oxygens (including phenoxy) is 5. The van der Waals surface area contributed by atoms with Gasteiger partial charge in [0, 0.05) is 18.2 Å². The summed E-state index contributed by atoms with van der Waals surface area (Å²) in [5.41, 5.74) is 1.31. The predicted molar refractivity (Wildman–Crippen MR) is 226 cm³/mol. The van der Waals surface area contributed by atoms with Crippen LogP contribution in [-0.4, -0.2) is 67.3 Å². The summed E-state index contributed by atoms with van der Waals surface area (Å²) in [4.78, 5) is 39.8. The molecule has 1 unspecified atom stereocenters. The van der Waals surface area contributed by atoms with E-state index in [9.17, 15) is 19.5 Å². The van der Waals surface area contributed by atoms with Crippen molar-refractivity contribution in [1.82, 2.24) is 9.55 Å². The summed E-state index contributed by atoms with van der Waals surface area (Å²) in [6, 6.07) is 33.0. The van der Waals surface area contributed by atoms with E-state index in [4.69, 9.17) is 23.7 Å². The van der Waals surface area contributed by atoms with Crippen LogP contribution in [-0.2, 0) is 26.3 Å². The molecule has 0 saturated carbocycles. The normalized spacial score (nSPS) is 19.1. The topological polar surface area (TPSA) is 138 Å². The first-order valence-corrected chi connectivity index (χ1v) is 22.4. The molecule has 0 radical (unpaired) electrons. The van der Waals surface area contributed by atoms with Crippen LogP contribution in [0.25, 0.3) is 0 Å². The van der Waals surface area contributed by atoms with Gasteiger partial charge in [-0.15, -0.1) is 0 Å². The molecule has 1 aromatic heterocycles. The molecule has 4 aromatic carbocycles. The van der Waals surface area contributed by atoms with Crippen LogP contribution in [0.1, 0.15) is 61.2 Å². The molecule has 1 fully saturated rings. The van der Waals surface area contributed by atoms with E-state index in [0.29, 0.717) is 29.1 Å². The molecule has 0 aliphatic carbocycles. The summed E-state index contributed by atoms with van der Waals surface area (Å²) in [7, 11) is 0.327. The molecular formula is C46H54N2O9Si. The predicted octanol–water partition coefficient (Wildman–Crippen LogP) is 7.13. The van der Waals surface area contributed by atoms with Gasteiger partial charge in [-0.05, 0) is 70.6 Å². The molecule has 11 nitrogen and oxygen atoms in total. The number of carbonyl (C=O) groups excluding carboxylic acids is 1. The van der Waals surface area contributed by atoms with Crippen molar-refractivity contribution in [2.24, 2.45) is 0 Å². The zero-order valence-corrected chi connectivity index (χ0v) is 35.5. The van der Waals surface area contributed by atoms with Crippen molar-refractivity contribution >= 4 is 14.4 Å². The van der Waals surface area contributed by atoms with Gasteiger partial charge in [0.05, 0.1) is 39.5 Å². The maximum atomic E-state index is 13.8. The van der Waals surface area contributed by atoms with E-state index in [1.165, 1.54) is 10.8 Å². The Hall–Kier alpha value is -5.27. The monoisotopic (exact) mass is 806 g/mol. The summed E-state index contributed by atoms with van der Waals surface area (Å²) >= 11 is 0. The minimum Gasteiger partial charge on any atom is -0.497 e. The Kier molecular flexibility index (Phi) is 12.3. The average Bonchev–Trinajstić information content (AvgIpc) is 3.58. The van der Waals surface area contributed by atoms with Gasteiger partial charge in [-0.1, -0.05) is 101 Å². The fourth-order valence-corrected chi connectivity index (χ4v) is 11.1. The van der Waals surface area contributed by atoms with Crippen molar-refractivity contribution in [3.05, 3.63) is 158 Å². The number of benzene rings is 4. The maximum absolute atomic E-state index is 13.8. The quantitative estimate of drug-likeness (QED) is 0.0643. The molecule has 1 aliphatic heterocycles. The Labute approximate surface area is 340 Å². The van der Waals surface area contributed by atoms with Crippen LogP contribution in [0.5, 0.6) is 17.2 Å². The van der Waals surface area contributed by atoms with Crippen LogP contribution < -0.4 is 25.5 Å². The lowest BCUT2D eigenvalue weighted by atomic mass is 9.63. The van der Waals surface area contributed by atoms with E-state index in [2.05, 4.69) is 38.8 Å². The molecule has 0 bridgehead atoms. The van der Waals surface area contributed by atoms with Crippen LogP contribution >= 0.6 is 0 Å². The molecule has 6 rings (SSSR count). The van der Waals surface area contributed by atoms with E-state index < -0.39 is 48.4 Å². The summed E-state index contributed by atoms with van der Waals surface area (Å²) in [6.45, 7) is 12.3. The number of hydrogen-bond acceptors (Lipinski definition) is 9. The van der Waals surface area contributed by atoms with E-state index in [-0.39, 0.29) is 24.7 Å². The van der Waals surface area contributed by atoms with Crippen molar-refractivity contribution in [1.29, 1.82) is 0 Å². The lowest BCUT2D eigenvalue weighted by Gasteiger charge is -2.53. The SMILES string of the molecule is COc1ccc(C(c2ccccc2)(c2ccc(OC)cc2)C(OCc2cccc(OCC=O)c2)[C@H]2O[C@@H](n3cc(C)c(=O)[nH]c3=O)C[C@@]2(O)[Si](C)(C)C(C)(C)C)cc1. The Balaban J connectivity index is 1.70. The molecule has 1 saturated heterocycles. The third-order valence-corrected chi connectivity index (χ3v) is 18.7. The second kappa shape index (κ2) is 16.9. The minimum atomic E-state index is -2.91. The van der Waals surface area contributed by atoms with Gasteiger partial charge in [0.2, 0.25) is 0 Å². The number of aliphatic hydroxyl groups is 1. The molecule has 1 aliphatic rings.